The summed E-state index contributed by atoms with van der Waals surface area (Å²) in [7, 11) is 0. The van der Waals surface area contributed by atoms with Gasteiger partial charge in [-0.15, -0.1) is 0 Å². The molecule has 1 heterocycles. The van der Waals surface area contributed by atoms with Crippen LogP contribution in [0.15, 0.2) is 42.6 Å². The first-order valence-corrected chi connectivity index (χ1v) is 6.59. The number of nitrogens with zero attached hydrogens (tertiary/aromatic N) is 1. The van der Waals surface area contributed by atoms with Crippen molar-refractivity contribution >= 4 is 6.29 Å². The second kappa shape index (κ2) is 7.28. The molecule has 2 rings (SSSR count). The van der Waals surface area contributed by atoms with Gasteiger partial charge in [0, 0.05) is 18.3 Å². The van der Waals surface area contributed by atoms with Crippen molar-refractivity contribution in [1.29, 1.82) is 0 Å². The lowest BCUT2D eigenvalue weighted by atomic mass is 10.2. The number of para-hydroxylation sites is 1. The Balaban J connectivity index is 2.06. The van der Waals surface area contributed by atoms with E-state index in [-0.39, 0.29) is 0 Å². The van der Waals surface area contributed by atoms with E-state index < -0.39 is 0 Å². The minimum absolute atomic E-state index is 0.446. The van der Waals surface area contributed by atoms with Gasteiger partial charge in [0.25, 0.3) is 0 Å². The molecule has 20 heavy (non-hydrogen) atoms. The fourth-order valence-electron chi connectivity index (χ4n) is 1.85. The Morgan fingerprint density at radius 3 is 2.75 bits per heavy atom. The molecule has 0 saturated heterocycles. The van der Waals surface area contributed by atoms with Crippen LogP contribution in [0.5, 0.6) is 11.5 Å². The molecule has 0 radical (unpaired) electrons. The molecule has 4 nitrogen and oxygen atoms in total. The van der Waals surface area contributed by atoms with Crippen molar-refractivity contribution in [3.63, 3.8) is 0 Å². The molecular weight excluding hydrogens is 254 g/mol. The van der Waals surface area contributed by atoms with E-state index in [1.54, 1.807) is 24.4 Å². The number of ether oxygens (including phenoxy) is 2. The predicted molar refractivity (Wildman–Crippen MR) is 76.4 cm³/mol. The Morgan fingerprint density at radius 1 is 1.15 bits per heavy atom. The molecule has 2 aromatic rings. The van der Waals surface area contributed by atoms with Crippen molar-refractivity contribution in [3.05, 3.63) is 53.9 Å². The number of pyridine rings is 1. The van der Waals surface area contributed by atoms with Gasteiger partial charge in [-0.3, -0.25) is 9.78 Å². The zero-order valence-electron chi connectivity index (χ0n) is 11.4. The summed E-state index contributed by atoms with van der Waals surface area (Å²) in [5.41, 5.74) is 1.45. The third kappa shape index (κ3) is 3.57. The van der Waals surface area contributed by atoms with Crippen LogP contribution in [0.25, 0.3) is 0 Å². The lowest BCUT2D eigenvalue weighted by Gasteiger charge is -2.13. The normalized spacial score (nSPS) is 10.1. The molecule has 0 aliphatic carbocycles. The third-order valence-corrected chi connectivity index (χ3v) is 2.77. The van der Waals surface area contributed by atoms with Crippen LogP contribution in [0.1, 0.15) is 23.0 Å². The lowest BCUT2D eigenvalue weighted by molar-refractivity contribution is 0.111. The van der Waals surface area contributed by atoms with E-state index in [1.165, 1.54) is 0 Å². The first kappa shape index (κ1) is 14.1. The van der Waals surface area contributed by atoms with Crippen molar-refractivity contribution in [2.75, 3.05) is 13.2 Å². The monoisotopic (exact) mass is 271 g/mol. The molecule has 0 saturated carbocycles. The minimum atomic E-state index is 0.446. The molecule has 0 atom stereocenters. The largest absolute Gasteiger partial charge is 0.490 e. The van der Waals surface area contributed by atoms with E-state index in [1.807, 2.05) is 25.1 Å². The van der Waals surface area contributed by atoms with Gasteiger partial charge in [0.05, 0.1) is 18.8 Å². The molecule has 0 fully saturated rings. The maximum Gasteiger partial charge on any atom is 0.171 e. The maximum absolute atomic E-state index is 11.1. The van der Waals surface area contributed by atoms with Gasteiger partial charge in [0.2, 0.25) is 0 Å². The molecule has 104 valence electrons. The van der Waals surface area contributed by atoms with E-state index in [0.717, 1.165) is 12.0 Å². The quantitative estimate of drug-likeness (QED) is 0.726. The van der Waals surface area contributed by atoms with Gasteiger partial charge in [-0.25, -0.2) is 0 Å². The highest BCUT2D eigenvalue weighted by atomic mass is 16.5. The van der Waals surface area contributed by atoms with Crippen LogP contribution in [-0.4, -0.2) is 24.5 Å². The van der Waals surface area contributed by atoms with Crippen LogP contribution < -0.4 is 9.47 Å². The molecule has 4 heteroatoms. The number of benzene rings is 1. The summed E-state index contributed by atoms with van der Waals surface area (Å²) in [5, 5.41) is 0. The summed E-state index contributed by atoms with van der Waals surface area (Å²) >= 11 is 0. The Morgan fingerprint density at radius 2 is 2.05 bits per heavy atom. The summed E-state index contributed by atoms with van der Waals surface area (Å²) in [5.74, 6) is 1.10. The first-order chi connectivity index (χ1) is 9.85. The fraction of sp³-hybridized carbons (Fsp3) is 0.250. The van der Waals surface area contributed by atoms with Gasteiger partial charge in [-0.1, -0.05) is 12.1 Å². The number of carbonyl (C=O) groups is 1. The summed E-state index contributed by atoms with van der Waals surface area (Å²) in [6.45, 7) is 2.87. The second-order valence-electron chi connectivity index (χ2n) is 4.14. The Labute approximate surface area is 118 Å². The van der Waals surface area contributed by atoms with Crippen molar-refractivity contribution in [1.82, 2.24) is 4.98 Å². The summed E-state index contributed by atoms with van der Waals surface area (Å²) in [6.07, 6.45) is 3.21. The number of aromatic nitrogens is 1. The van der Waals surface area contributed by atoms with Gasteiger partial charge in [0.15, 0.2) is 17.8 Å². The minimum Gasteiger partial charge on any atom is -0.490 e. The summed E-state index contributed by atoms with van der Waals surface area (Å²) in [4.78, 5) is 15.3. The Kier molecular flexibility index (Phi) is 5.12. The average molecular weight is 271 g/mol. The molecule has 1 aromatic carbocycles. The van der Waals surface area contributed by atoms with Crippen LogP contribution in [0.2, 0.25) is 0 Å². The van der Waals surface area contributed by atoms with Gasteiger partial charge in [0.1, 0.15) is 0 Å². The highest BCUT2D eigenvalue weighted by Gasteiger charge is 2.10. The van der Waals surface area contributed by atoms with E-state index in [0.29, 0.717) is 36.7 Å². The van der Waals surface area contributed by atoms with E-state index in [4.69, 9.17) is 9.47 Å². The van der Waals surface area contributed by atoms with Gasteiger partial charge in [-0.05, 0) is 31.2 Å². The van der Waals surface area contributed by atoms with Crippen molar-refractivity contribution in [2.45, 2.75) is 13.3 Å². The SMILES string of the molecule is CCOc1cccc(C=O)c1OCCc1ccccn1. The topological polar surface area (TPSA) is 48.4 Å². The molecule has 0 aliphatic rings. The molecular formula is C16H17NO3. The summed E-state index contributed by atoms with van der Waals surface area (Å²) < 4.78 is 11.2. The highest BCUT2D eigenvalue weighted by Crippen LogP contribution is 2.30. The molecule has 0 unspecified atom stereocenters. The zero-order chi connectivity index (χ0) is 14.2. The fourth-order valence-corrected chi connectivity index (χ4v) is 1.85. The molecule has 0 aliphatic heterocycles. The molecule has 0 bridgehead atoms. The summed E-state index contributed by atoms with van der Waals surface area (Å²) in [6, 6.07) is 11.0. The Hall–Kier alpha value is -2.36. The predicted octanol–water partition coefficient (Wildman–Crippen LogP) is 2.91. The zero-order valence-corrected chi connectivity index (χ0v) is 11.4. The molecule has 1 aromatic heterocycles. The van der Waals surface area contributed by atoms with Gasteiger partial charge >= 0.3 is 0 Å². The highest BCUT2D eigenvalue weighted by molar-refractivity contribution is 5.81. The second-order valence-corrected chi connectivity index (χ2v) is 4.14. The average Bonchev–Trinajstić information content (AvgIpc) is 2.50. The van der Waals surface area contributed by atoms with Crippen LogP contribution >= 0.6 is 0 Å². The number of carbonyl (C=O) groups excluding carboxylic acids is 1. The number of aldehydes is 1. The molecule has 0 N–H and O–H groups in total. The number of hydrogen-bond donors (Lipinski definition) is 0. The van der Waals surface area contributed by atoms with Crippen molar-refractivity contribution in [3.8, 4) is 11.5 Å². The third-order valence-electron chi connectivity index (χ3n) is 2.77. The van der Waals surface area contributed by atoms with Gasteiger partial charge < -0.3 is 9.47 Å². The van der Waals surface area contributed by atoms with Crippen LogP contribution in [-0.2, 0) is 6.42 Å². The van der Waals surface area contributed by atoms with E-state index in [9.17, 15) is 4.79 Å². The van der Waals surface area contributed by atoms with Crippen LogP contribution in [0, 0.1) is 0 Å². The first-order valence-electron chi connectivity index (χ1n) is 6.59. The van der Waals surface area contributed by atoms with Crippen LogP contribution in [0.4, 0.5) is 0 Å². The maximum atomic E-state index is 11.1. The molecule has 0 spiro atoms. The smallest absolute Gasteiger partial charge is 0.171 e. The van der Waals surface area contributed by atoms with Crippen molar-refractivity contribution in [2.24, 2.45) is 0 Å². The number of rotatable bonds is 7. The van der Waals surface area contributed by atoms with Gasteiger partial charge in [-0.2, -0.15) is 0 Å². The van der Waals surface area contributed by atoms with Crippen molar-refractivity contribution < 1.29 is 14.3 Å². The number of hydrogen-bond acceptors (Lipinski definition) is 4. The molecule has 0 amide bonds. The lowest BCUT2D eigenvalue weighted by Crippen LogP contribution is -2.06. The van der Waals surface area contributed by atoms with Crippen LogP contribution in [0.3, 0.4) is 0 Å². The Bertz CT molecular complexity index is 555. The van der Waals surface area contributed by atoms with E-state index >= 15 is 0 Å². The standard InChI is InChI=1S/C16H17NO3/c1-2-19-15-8-5-6-13(12-18)16(15)20-11-9-14-7-3-4-10-17-14/h3-8,10,12H,2,9,11H2,1H3. The van der Waals surface area contributed by atoms with E-state index in [2.05, 4.69) is 4.98 Å².